The molecule has 24 N–H and O–H groups in total. The van der Waals surface area contributed by atoms with Crippen molar-refractivity contribution in [2.24, 2.45) is 0 Å². The van der Waals surface area contributed by atoms with Crippen LogP contribution in [0.1, 0.15) is 214 Å². The summed E-state index contributed by atoms with van der Waals surface area (Å²) in [5, 5.41) is 236. The van der Waals surface area contributed by atoms with E-state index in [1.54, 1.807) is 6.08 Å². The predicted molar refractivity (Wildman–Crippen MR) is 438 cm³/mol. The third-order valence-corrected chi connectivity index (χ3v) is 24.2. The monoisotopic (exact) mass is 1820 g/mol. The van der Waals surface area contributed by atoms with Gasteiger partial charge in [-0.25, -0.2) is 0 Å². The van der Waals surface area contributed by atoms with Crippen molar-refractivity contribution in [3.05, 3.63) is 12.2 Å². The maximum absolute atomic E-state index is 13.6. The van der Waals surface area contributed by atoms with E-state index in [0.29, 0.717) is 12.8 Å². The van der Waals surface area contributed by atoms with Crippen molar-refractivity contribution >= 4 is 23.6 Å². The summed E-state index contributed by atoms with van der Waals surface area (Å²) in [4.78, 5) is 52.8. The molecule has 14 unspecified atom stereocenters. The summed E-state index contributed by atoms with van der Waals surface area (Å²) < 4.78 is 85.1. The van der Waals surface area contributed by atoms with Crippen molar-refractivity contribution in [3.8, 4) is 0 Å². The van der Waals surface area contributed by atoms with E-state index in [1.807, 2.05) is 6.08 Å². The number of carbonyl (C=O) groups is 4. The van der Waals surface area contributed by atoms with Crippen LogP contribution in [0.15, 0.2) is 12.2 Å². The quantitative estimate of drug-likeness (QED) is 0.0202. The van der Waals surface area contributed by atoms with Crippen LogP contribution in [0.5, 0.6) is 0 Å². The highest BCUT2D eigenvalue weighted by Crippen LogP contribution is 2.40. The summed E-state index contributed by atoms with van der Waals surface area (Å²) in [6.45, 7) is -0.661. The fourth-order valence-electron chi connectivity index (χ4n) is 17.0. The van der Waals surface area contributed by atoms with Gasteiger partial charge in [0.2, 0.25) is 23.6 Å². The van der Waals surface area contributed by atoms with Gasteiger partial charge < -0.3 is 190 Å². The fourth-order valence-corrected chi connectivity index (χ4v) is 17.0. The number of carbonyl (C=O) groups excluding carboxylic acids is 4. The predicted octanol–water partition coefficient (Wildman–Crippen LogP) is -4.46. The van der Waals surface area contributed by atoms with Gasteiger partial charge in [0, 0.05) is 27.2 Å². The first-order chi connectivity index (χ1) is 60.4. The molecule has 0 saturated carbocycles. The molecule has 126 heavy (non-hydrogen) atoms. The Hall–Kier alpha value is -3.74. The van der Waals surface area contributed by atoms with Crippen LogP contribution >= 0.6 is 0 Å². The first kappa shape index (κ1) is 109. The van der Waals surface area contributed by atoms with E-state index >= 15 is 0 Å². The lowest BCUT2D eigenvalue weighted by Gasteiger charge is -2.52. The van der Waals surface area contributed by atoms with Crippen molar-refractivity contribution in [2.45, 2.75) is 441 Å². The minimum Gasteiger partial charge on any atom is -0.394 e. The van der Waals surface area contributed by atoms with E-state index in [-0.39, 0.29) is 12.3 Å². The zero-order valence-corrected chi connectivity index (χ0v) is 73.3. The molecule has 7 heterocycles. The van der Waals surface area contributed by atoms with Gasteiger partial charge in [-0.05, 0) is 19.3 Å². The summed E-state index contributed by atoms with van der Waals surface area (Å²) in [6, 6.07) is -6.69. The number of hydrogen-bond acceptors (Lipinski definition) is 38. The molecule has 42 nitrogen and oxygen atoms in total. The normalized spacial score (nSPS) is 38.0. The Kier molecular flexibility index (Phi) is 49.5. The average molecular weight is 1820 g/mol. The Morgan fingerprint density at radius 1 is 0.310 bits per heavy atom. The van der Waals surface area contributed by atoms with Crippen LogP contribution in [-0.4, -0.2) is 406 Å². The largest absolute Gasteiger partial charge is 0.394 e. The summed E-state index contributed by atoms with van der Waals surface area (Å²) in [5.41, 5.74) is 0. The number of hydrogen-bond donors (Lipinski definition) is 24. The number of allylic oxidation sites excluding steroid dienone is 1. The van der Waals surface area contributed by atoms with Crippen LogP contribution in [-0.2, 0) is 85.5 Å². The van der Waals surface area contributed by atoms with E-state index in [4.69, 9.17) is 66.3 Å². The molecule has 0 radical (unpaired) electrons. The lowest BCUT2D eigenvalue weighted by atomic mass is 9.93. The molecule has 0 aromatic carbocycles. The minimum atomic E-state index is -2.51. The number of ether oxygens (including phenoxy) is 14. The molecule has 7 rings (SSSR count). The molecule has 7 saturated heterocycles. The topological polar surface area (TPSA) is 650 Å². The first-order valence-corrected chi connectivity index (χ1v) is 45.5. The highest BCUT2D eigenvalue weighted by molar-refractivity contribution is 5.76. The molecule has 0 bridgehead atoms. The van der Waals surface area contributed by atoms with Gasteiger partial charge in [0.25, 0.3) is 0 Å². The third kappa shape index (κ3) is 32.0. The molecule has 4 amide bonds. The van der Waals surface area contributed by atoms with Crippen LogP contribution in [0.25, 0.3) is 0 Å². The molecule has 37 atom stereocenters. The Morgan fingerprint density at radius 3 is 1.03 bits per heavy atom. The molecule has 0 aliphatic carbocycles. The molecular weight excluding hydrogens is 1670 g/mol. The molecule has 0 spiro atoms. The number of nitrogens with one attached hydrogen (secondary N) is 4. The summed E-state index contributed by atoms with van der Waals surface area (Å²) in [7, 11) is 0. The Labute approximate surface area is 736 Å². The molecule has 0 aromatic heterocycles. The van der Waals surface area contributed by atoms with Crippen molar-refractivity contribution in [2.75, 3.05) is 52.9 Å². The smallest absolute Gasteiger partial charge is 0.220 e. The lowest BCUT2D eigenvalue weighted by molar-refractivity contribution is -0.400. The third-order valence-electron chi connectivity index (χ3n) is 24.2. The standard InChI is InChI=1S/C84H150N4O38/c1-6-8-10-12-14-16-18-20-21-23-25-27-29-31-33-35-56(100)88-47(48(99)34-32-30-28-26-24-22-19-17-15-13-11-9-7-2)43-113-81-69(110)66(107)72(53(40-93)118-81)121-83-70(111)67(108)73(54(41-94)119-83)122-84-71(112)77(126-80-58(86-45(4)97)75(62(103)51(38-91)116-80)124-78-57(85-44(3)96)64(105)60(101)49(36-89)114-78)74(55(42-95)120-84)123-79-59(87-46(5)98)76(63(104)52(39-92)115-79)125-82-68(109)65(106)61(102)50(37-90)117-82/h32,34,47-55,57-84,89-95,99,101-112H,6-31,33,35-43H2,1-5H3,(H,85,96)(H,86,97)(H,87,98)(H,88,100)/b34-32+/t47-,48+,49?,50?,51?,52?,53?,54?,55?,57?,58?,59?,60-,61-,62-,63-,64+,65-,66+,67+,68?,69?,70?,71?,72+,73-,74-,75+,76+,77+,78+,79-,80-,81+,82-,83-,84-/m0/s1. The van der Waals surface area contributed by atoms with E-state index in [9.17, 15) is 121 Å². The van der Waals surface area contributed by atoms with Crippen LogP contribution in [0.2, 0.25) is 0 Å². The van der Waals surface area contributed by atoms with E-state index in [0.717, 1.165) is 78.6 Å². The summed E-state index contributed by atoms with van der Waals surface area (Å²) in [5.74, 6) is -3.07. The lowest BCUT2D eigenvalue weighted by Crippen LogP contribution is -2.72. The van der Waals surface area contributed by atoms with Gasteiger partial charge in [0.15, 0.2) is 44.0 Å². The van der Waals surface area contributed by atoms with Gasteiger partial charge in [-0.3, -0.25) is 19.2 Å². The fraction of sp³-hybridized carbons (Fsp3) is 0.929. The minimum absolute atomic E-state index is 0.149. The van der Waals surface area contributed by atoms with Gasteiger partial charge in [0.1, 0.15) is 171 Å². The van der Waals surface area contributed by atoms with Crippen molar-refractivity contribution < 1.29 is 188 Å². The van der Waals surface area contributed by atoms with Crippen LogP contribution in [0.3, 0.4) is 0 Å². The summed E-state index contributed by atoms with van der Waals surface area (Å²) in [6.07, 6.45) is -32.4. The molecule has 42 heteroatoms. The first-order valence-electron chi connectivity index (χ1n) is 45.5. The molecule has 7 fully saturated rings. The van der Waals surface area contributed by atoms with Crippen LogP contribution < -0.4 is 21.3 Å². The number of aliphatic hydroxyl groups is 20. The molecule has 7 aliphatic rings. The van der Waals surface area contributed by atoms with Crippen molar-refractivity contribution in [1.29, 1.82) is 0 Å². The number of rotatable bonds is 56. The highest BCUT2D eigenvalue weighted by Gasteiger charge is 2.61. The second-order valence-electron chi connectivity index (χ2n) is 34.2. The van der Waals surface area contributed by atoms with Gasteiger partial charge in [-0.1, -0.05) is 180 Å². The van der Waals surface area contributed by atoms with Crippen molar-refractivity contribution in [1.82, 2.24) is 21.3 Å². The van der Waals surface area contributed by atoms with Gasteiger partial charge in [-0.2, -0.15) is 0 Å². The number of amides is 4. The van der Waals surface area contributed by atoms with Crippen molar-refractivity contribution in [3.63, 3.8) is 0 Å². The molecule has 0 aromatic rings. The SMILES string of the molecule is CCCCCCCCCCCCC/C=C/[C@@H](O)[C@H](CO[C@@H]1OC(CO)[C@@H](O[C@@H]2OC(CO)[C@H](O[C@@H]3OC(CO)[C@H](O[C@@H]4OC(CO)[C@H](O)[C@H](O[C@@H]5OC(CO)[C@H](O)[C@H](O)C5O)C4NC(C)=O)[C@H](O[C@@H]4OC(CO)[C@H](O)[C@H](O[C@H]5OC(CO)[C@H](O)[C@H](O)C5NC(C)=O)C4NC(C)=O)C3O)[C@H](O)C2O)[C@H](O)C1O)NC(=O)CCCCCCCCCCCCCCCCC. The number of aliphatic hydroxyl groups excluding tert-OH is 20. The van der Waals surface area contributed by atoms with E-state index in [1.165, 1.54) is 103 Å². The van der Waals surface area contributed by atoms with E-state index < -0.39 is 297 Å². The maximum Gasteiger partial charge on any atom is 0.220 e. The Bertz CT molecular complexity index is 3060. The zero-order chi connectivity index (χ0) is 92.3. The second-order valence-corrected chi connectivity index (χ2v) is 34.2. The summed E-state index contributed by atoms with van der Waals surface area (Å²) >= 11 is 0. The average Bonchev–Trinajstić information content (AvgIpc) is 0.759. The van der Waals surface area contributed by atoms with Crippen LogP contribution in [0.4, 0.5) is 0 Å². The molecular formula is C84H150N4O38. The van der Waals surface area contributed by atoms with Gasteiger partial charge in [0.05, 0.1) is 65.0 Å². The number of unbranched alkanes of at least 4 members (excludes halogenated alkanes) is 25. The maximum atomic E-state index is 13.6. The van der Waals surface area contributed by atoms with Gasteiger partial charge in [-0.15, -0.1) is 0 Å². The Balaban J connectivity index is 1.10. The Morgan fingerprint density at radius 2 is 0.611 bits per heavy atom. The highest BCUT2D eigenvalue weighted by atomic mass is 16.8. The van der Waals surface area contributed by atoms with Gasteiger partial charge >= 0.3 is 0 Å². The molecule has 7 aliphatic heterocycles. The zero-order valence-electron chi connectivity index (χ0n) is 73.3. The van der Waals surface area contributed by atoms with E-state index in [2.05, 4.69) is 35.1 Å². The van der Waals surface area contributed by atoms with Crippen LogP contribution in [0, 0.1) is 0 Å². The second kappa shape index (κ2) is 57.1. The molecule has 734 valence electrons.